The summed E-state index contributed by atoms with van der Waals surface area (Å²) < 4.78 is 1.90. The molecule has 43 heavy (non-hydrogen) atoms. The van der Waals surface area contributed by atoms with Crippen LogP contribution in [-0.2, 0) is 25.6 Å². The molecule has 1 aromatic heterocycles. The van der Waals surface area contributed by atoms with E-state index in [4.69, 9.17) is 0 Å². The van der Waals surface area contributed by atoms with Crippen LogP contribution in [0.4, 0.5) is 0 Å². The molecule has 4 aliphatic carbocycles. The second kappa shape index (κ2) is 11.2. The van der Waals surface area contributed by atoms with Crippen LogP contribution in [0, 0.1) is 24.7 Å². The molecule has 3 atom stereocenters. The number of nitrogens with zero attached hydrogens (tertiary/aromatic N) is 3. The van der Waals surface area contributed by atoms with Gasteiger partial charge in [0.2, 0.25) is 17.7 Å². The van der Waals surface area contributed by atoms with E-state index >= 15 is 0 Å². The molecule has 4 saturated carbocycles. The minimum absolute atomic E-state index is 0.0956. The molecule has 3 heterocycles. The summed E-state index contributed by atoms with van der Waals surface area (Å²) in [5, 5.41) is 8.96. The van der Waals surface area contributed by atoms with Crippen molar-refractivity contribution in [3.8, 4) is 5.69 Å². The molecule has 10 nitrogen and oxygen atoms in total. The van der Waals surface area contributed by atoms with E-state index in [1.54, 1.807) is 11.2 Å². The second-order valence-electron chi connectivity index (χ2n) is 13.9. The zero-order valence-corrected chi connectivity index (χ0v) is 24.9. The van der Waals surface area contributed by atoms with Crippen LogP contribution < -0.4 is 16.0 Å². The number of amides is 4. The van der Waals surface area contributed by atoms with Gasteiger partial charge in [0.1, 0.15) is 12.1 Å². The summed E-state index contributed by atoms with van der Waals surface area (Å²) in [6, 6.07) is 6.03. The quantitative estimate of drug-likeness (QED) is 0.409. The number of carbonyl (C=O) groups excluding carboxylic acids is 4. The Morgan fingerprint density at radius 3 is 2.33 bits per heavy atom. The number of imide groups is 1. The molecule has 2 aromatic rings. The van der Waals surface area contributed by atoms with Gasteiger partial charge in [-0.1, -0.05) is 24.1 Å². The van der Waals surface area contributed by atoms with Crippen LogP contribution in [0.25, 0.3) is 5.69 Å². The fraction of sp³-hybridized carbons (Fsp3) is 0.606. The molecule has 6 fully saturated rings. The van der Waals surface area contributed by atoms with Gasteiger partial charge in [0.15, 0.2) is 0 Å². The molecule has 8 rings (SSSR count). The topological polar surface area (TPSA) is 125 Å². The van der Waals surface area contributed by atoms with Gasteiger partial charge in [0, 0.05) is 18.3 Å². The minimum atomic E-state index is -0.980. The van der Waals surface area contributed by atoms with Gasteiger partial charge in [-0.05, 0) is 94.7 Å². The van der Waals surface area contributed by atoms with Crippen LogP contribution in [-0.4, -0.2) is 68.3 Å². The molecule has 4 amide bonds. The summed E-state index contributed by atoms with van der Waals surface area (Å²) in [6.07, 6.45) is 12.6. The van der Waals surface area contributed by atoms with E-state index in [0.29, 0.717) is 29.9 Å². The second-order valence-corrected chi connectivity index (χ2v) is 13.9. The maximum absolute atomic E-state index is 14.8. The summed E-state index contributed by atoms with van der Waals surface area (Å²) in [4.78, 5) is 60.3. The molecule has 10 heteroatoms. The van der Waals surface area contributed by atoms with Crippen molar-refractivity contribution in [1.29, 1.82) is 0 Å². The van der Waals surface area contributed by atoms with E-state index in [2.05, 4.69) is 20.9 Å². The average Bonchev–Trinajstić information content (AvgIpc) is 3.43. The van der Waals surface area contributed by atoms with E-state index in [9.17, 15) is 19.2 Å². The molecule has 3 N–H and O–H groups in total. The summed E-state index contributed by atoms with van der Waals surface area (Å²) in [5.41, 5.74) is 2.24. The number of hydrogen-bond acceptors (Lipinski definition) is 6. The van der Waals surface area contributed by atoms with Gasteiger partial charge in [-0.2, -0.15) is 0 Å². The van der Waals surface area contributed by atoms with Crippen LogP contribution in [0.2, 0.25) is 0 Å². The minimum Gasteiger partial charge on any atom is -0.344 e. The van der Waals surface area contributed by atoms with E-state index < -0.39 is 29.6 Å². The van der Waals surface area contributed by atoms with Gasteiger partial charge < -0.3 is 20.5 Å². The Labute approximate surface area is 252 Å². The van der Waals surface area contributed by atoms with Gasteiger partial charge >= 0.3 is 0 Å². The van der Waals surface area contributed by atoms with Crippen LogP contribution in [0.1, 0.15) is 75.5 Å². The van der Waals surface area contributed by atoms with Crippen molar-refractivity contribution in [3.63, 3.8) is 0 Å². The summed E-state index contributed by atoms with van der Waals surface area (Å²) in [7, 11) is 0. The number of aryl methyl sites for hydroxylation is 1. The predicted octanol–water partition coefficient (Wildman–Crippen LogP) is 2.56. The third-order valence-electron chi connectivity index (χ3n) is 10.6. The number of imidazole rings is 1. The van der Waals surface area contributed by atoms with Gasteiger partial charge in [0.25, 0.3) is 5.91 Å². The predicted molar refractivity (Wildman–Crippen MR) is 159 cm³/mol. The molecule has 4 bridgehead atoms. The molecule has 228 valence electrons. The zero-order chi connectivity index (χ0) is 29.7. The largest absolute Gasteiger partial charge is 0.344 e. The van der Waals surface area contributed by atoms with Gasteiger partial charge in [-0.15, -0.1) is 0 Å². The van der Waals surface area contributed by atoms with E-state index in [1.807, 2.05) is 42.0 Å². The van der Waals surface area contributed by atoms with Gasteiger partial charge in [-0.3, -0.25) is 24.1 Å². The van der Waals surface area contributed by atoms with Crippen LogP contribution in [0.15, 0.2) is 36.8 Å². The standard InChI is InChI=1S/C33H42N6O4/c1-20-5-7-25(8-6-20)38-18-24(35-19-38)13-28(37-30(41)27-14-29(40)36-27)32(43)39(31(42)26-4-2-3-9-34-26)33-15-21-10-22(16-33)12-23(11-21)17-33/h5-8,18-19,21-23,26-28,34H,2-4,9-17H2,1H3,(H,36,40)(H,37,41)/t21?,22?,23?,26?,27-,28-,33?/m0/s1. The smallest absolute Gasteiger partial charge is 0.252 e. The van der Waals surface area contributed by atoms with Gasteiger partial charge in [-0.25, -0.2) is 4.98 Å². The molecular formula is C33H42N6O4. The highest BCUT2D eigenvalue weighted by Crippen LogP contribution is 2.58. The number of nitrogens with one attached hydrogen (secondary N) is 3. The molecule has 2 saturated heterocycles. The molecule has 1 aromatic carbocycles. The van der Waals surface area contributed by atoms with Crippen molar-refractivity contribution in [1.82, 2.24) is 30.4 Å². The molecule has 0 spiro atoms. The monoisotopic (exact) mass is 586 g/mol. The van der Waals surface area contributed by atoms with Crippen molar-refractivity contribution >= 4 is 23.6 Å². The van der Waals surface area contributed by atoms with Crippen molar-refractivity contribution in [3.05, 3.63) is 48.0 Å². The Morgan fingerprint density at radius 1 is 1.05 bits per heavy atom. The fourth-order valence-electron chi connectivity index (χ4n) is 8.81. The maximum atomic E-state index is 14.8. The normalized spacial score (nSPS) is 31.6. The number of rotatable bonds is 8. The Balaban J connectivity index is 1.21. The summed E-state index contributed by atoms with van der Waals surface area (Å²) in [5.74, 6) is 0.542. The summed E-state index contributed by atoms with van der Waals surface area (Å²) in [6.45, 7) is 2.80. The van der Waals surface area contributed by atoms with E-state index in [0.717, 1.165) is 49.9 Å². The number of benzene rings is 1. The number of aromatic nitrogens is 2. The summed E-state index contributed by atoms with van der Waals surface area (Å²) >= 11 is 0. The number of carbonyl (C=O) groups is 4. The Hall–Kier alpha value is -3.53. The zero-order valence-electron chi connectivity index (χ0n) is 24.9. The number of hydrogen-bond donors (Lipinski definition) is 3. The molecular weight excluding hydrogens is 544 g/mol. The first-order valence-corrected chi connectivity index (χ1v) is 16.1. The van der Waals surface area contributed by atoms with E-state index in [-0.39, 0.29) is 30.6 Å². The van der Waals surface area contributed by atoms with E-state index in [1.165, 1.54) is 19.3 Å². The highest BCUT2D eigenvalue weighted by atomic mass is 16.2. The maximum Gasteiger partial charge on any atom is 0.252 e. The number of piperidine rings is 1. The van der Waals surface area contributed by atoms with Crippen LogP contribution in [0.3, 0.4) is 0 Å². The Bertz CT molecular complexity index is 1370. The lowest BCUT2D eigenvalue weighted by atomic mass is 9.52. The molecule has 6 aliphatic rings. The number of β-lactam (4-membered cyclic amide) rings is 1. The van der Waals surface area contributed by atoms with Gasteiger partial charge in [0.05, 0.1) is 30.0 Å². The Morgan fingerprint density at radius 2 is 1.72 bits per heavy atom. The lowest BCUT2D eigenvalue weighted by Gasteiger charge is -2.60. The van der Waals surface area contributed by atoms with Crippen molar-refractivity contribution < 1.29 is 19.2 Å². The highest BCUT2D eigenvalue weighted by molar-refractivity contribution is 6.04. The van der Waals surface area contributed by atoms with Crippen LogP contribution >= 0.6 is 0 Å². The van der Waals surface area contributed by atoms with Crippen molar-refractivity contribution in [2.24, 2.45) is 17.8 Å². The first-order valence-electron chi connectivity index (χ1n) is 16.1. The molecule has 2 aliphatic heterocycles. The fourth-order valence-corrected chi connectivity index (χ4v) is 8.81. The lowest BCUT2D eigenvalue weighted by Crippen LogP contribution is -2.69. The average molecular weight is 587 g/mol. The first-order chi connectivity index (χ1) is 20.8. The third-order valence-corrected chi connectivity index (χ3v) is 10.6. The van der Waals surface area contributed by atoms with Crippen molar-refractivity contribution in [2.45, 2.75) is 101 Å². The Kier molecular flexibility index (Phi) is 7.35. The highest BCUT2D eigenvalue weighted by Gasteiger charge is 2.57. The first kappa shape index (κ1) is 28.3. The molecule has 0 radical (unpaired) electrons. The SMILES string of the molecule is Cc1ccc(-n2cnc(C[C@H](NC(=O)[C@@H]3CC(=O)N3)C(=O)N(C(=O)C3CCCCN3)C34CC5CC(CC(C5)C3)C4)c2)cc1. The molecule has 1 unspecified atom stereocenters. The third kappa shape index (κ3) is 5.50. The van der Waals surface area contributed by atoms with Crippen LogP contribution in [0.5, 0.6) is 0 Å². The van der Waals surface area contributed by atoms with Crippen molar-refractivity contribution in [2.75, 3.05) is 6.54 Å². The lowest BCUT2D eigenvalue weighted by molar-refractivity contribution is -0.168.